The van der Waals surface area contributed by atoms with Crippen LogP contribution in [0.4, 0.5) is 0 Å². The smallest absolute Gasteiger partial charge is 0.358 e. The van der Waals surface area contributed by atoms with Gasteiger partial charge < -0.3 is 10.2 Å². The molecule has 90 valence electrons. The number of aromatic nitrogens is 3. The predicted molar refractivity (Wildman–Crippen MR) is 60.6 cm³/mol. The van der Waals surface area contributed by atoms with E-state index in [0.29, 0.717) is 6.54 Å². The molecule has 0 aliphatic heterocycles. The van der Waals surface area contributed by atoms with Gasteiger partial charge in [-0.25, -0.2) is 4.79 Å². The number of aromatic carboxylic acids is 1. The van der Waals surface area contributed by atoms with Gasteiger partial charge in [0.15, 0.2) is 5.69 Å². The van der Waals surface area contributed by atoms with Crippen molar-refractivity contribution in [1.82, 2.24) is 15.0 Å². The van der Waals surface area contributed by atoms with E-state index in [9.17, 15) is 9.90 Å². The fourth-order valence-electron chi connectivity index (χ4n) is 0.977. The van der Waals surface area contributed by atoms with Crippen LogP contribution in [-0.4, -0.2) is 48.3 Å². The minimum Gasteiger partial charge on any atom is -0.476 e. The summed E-state index contributed by atoms with van der Waals surface area (Å²) in [6.07, 6.45) is 1.05. The molecule has 0 bridgehead atoms. The number of carboxylic acid groups (broad SMARTS) is 1. The average Bonchev–Trinajstić information content (AvgIpc) is 2.66. The van der Waals surface area contributed by atoms with Crippen molar-refractivity contribution in [1.29, 1.82) is 0 Å². The summed E-state index contributed by atoms with van der Waals surface area (Å²) in [6.45, 7) is 4.27. The summed E-state index contributed by atoms with van der Waals surface area (Å²) in [5.41, 5.74) is -0.0476. The summed E-state index contributed by atoms with van der Waals surface area (Å²) in [5, 5.41) is 25.2. The van der Waals surface area contributed by atoms with E-state index in [1.807, 2.05) is 6.92 Å². The monoisotopic (exact) mass is 245 g/mol. The lowest BCUT2D eigenvalue weighted by Gasteiger charge is -2.13. The summed E-state index contributed by atoms with van der Waals surface area (Å²) < 4.78 is 1.49. The predicted octanol–water partition coefficient (Wildman–Crippen LogP) is 0.479. The maximum absolute atomic E-state index is 10.5. The van der Waals surface area contributed by atoms with Crippen LogP contribution in [0.15, 0.2) is 6.20 Å². The first-order valence-corrected chi connectivity index (χ1v) is 5.98. The Kier molecular flexibility index (Phi) is 4.75. The number of rotatable bonds is 6. The quantitative estimate of drug-likeness (QED) is 0.757. The number of hydrogen-bond donors (Lipinski definition) is 2. The normalized spacial score (nSPS) is 14.7. The Labute approximate surface area is 97.7 Å². The molecule has 0 saturated heterocycles. The lowest BCUT2D eigenvalue weighted by Crippen LogP contribution is -2.16. The molecular formula is C9H15N3O3S. The molecule has 1 heterocycles. The minimum atomic E-state index is -1.07. The van der Waals surface area contributed by atoms with Crippen LogP contribution < -0.4 is 0 Å². The molecule has 0 spiro atoms. The largest absolute Gasteiger partial charge is 0.476 e. The van der Waals surface area contributed by atoms with Gasteiger partial charge in [-0.05, 0) is 6.92 Å². The van der Waals surface area contributed by atoms with Crippen molar-refractivity contribution >= 4 is 17.7 Å². The number of thioether (sulfide) groups is 1. The molecule has 0 fully saturated rings. The highest BCUT2D eigenvalue weighted by Gasteiger charge is 2.10. The Morgan fingerprint density at radius 3 is 2.81 bits per heavy atom. The standard InChI is InChI=1S/C9H15N3O3S/c1-6(13)7(2)16-4-3-12-5-8(9(14)15)10-11-12/h5-7,13H,3-4H2,1-2H3,(H,14,15). The molecule has 16 heavy (non-hydrogen) atoms. The van der Waals surface area contributed by atoms with Crippen LogP contribution in [0.2, 0.25) is 0 Å². The highest BCUT2D eigenvalue weighted by molar-refractivity contribution is 7.99. The van der Waals surface area contributed by atoms with Gasteiger partial charge in [0.05, 0.1) is 18.8 Å². The number of nitrogens with zero attached hydrogens (tertiary/aromatic N) is 3. The molecule has 1 aromatic rings. The number of carboxylic acids is 1. The molecule has 1 rings (SSSR count). The summed E-state index contributed by atoms with van der Waals surface area (Å²) in [6, 6.07) is 0. The average molecular weight is 245 g/mol. The zero-order valence-corrected chi connectivity index (χ0v) is 10.0. The molecule has 1 aromatic heterocycles. The SMILES string of the molecule is CC(O)C(C)SCCn1cc(C(=O)O)nn1. The van der Waals surface area contributed by atoms with Crippen molar-refractivity contribution in [3.05, 3.63) is 11.9 Å². The van der Waals surface area contributed by atoms with Crippen molar-refractivity contribution in [3.63, 3.8) is 0 Å². The zero-order valence-electron chi connectivity index (χ0n) is 9.20. The lowest BCUT2D eigenvalue weighted by atomic mass is 10.3. The van der Waals surface area contributed by atoms with Gasteiger partial charge in [0.1, 0.15) is 0 Å². The van der Waals surface area contributed by atoms with Crippen molar-refractivity contribution < 1.29 is 15.0 Å². The third-order valence-electron chi connectivity index (χ3n) is 2.14. The van der Waals surface area contributed by atoms with Crippen LogP contribution in [0.1, 0.15) is 24.3 Å². The molecule has 0 aliphatic rings. The van der Waals surface area contributed by atoms with E-state index >= 15 is 0 Å². The molecule has 7 heteroatoms. The first-order valence-electron chi connectivity index (χ1n) is 4.94. The molecule has 0 radical (unpaired) electrons. The van der Waals surface area contributed by atoms with E-state index in [2.05, 4.69) is 10.3 Å². The summed E-state index contributed by atoms with van der Waals surface area (Å²) in [7, 11) is 0. The zero-order chi connectivity index (χ0) is 12.1. The van der Waals surface area contributed by atoms with Gasteiger partial charge in [-0.1, -0.05) is 12.1 Å². The van der Waals surface area contributed by atoms with Crippen molar-refractivity contribution in [2.75, 3.05) is 5.75 Å². The second-order valence-electron chi connectivity index (χ2n) is 3.49. The van der Waals surface area contributed by atoms with Crippen LogP contribution in [0.5, 0.6) is 0 Å². The summed E-state index contributed by atoms with van der Waals surface area (Å²) in [4.78, 5) is 10.5. The highest BCUT2D eigenvalue weighted by atomic mass is 32.2. The van der Waals surface area contributed by atoms with Crippen LogP contribution in [0.3, 0.4) is 0 Å². The van der Waals surface area contributed by atoms with Gasteiger partial charge >= 0.3 is 5.97 Å². The van der Waals surface area contributed by atoms with Gasteiger partial charge in [-0.3, -0.25) is 4.68 Å². The van der Waals surface area contributed by atoms with Crippen molar-refractivity contribution in [2.24, 2.45) is 0 Å². The number of aryl methyl sites for hydroxylation is 1. The Balaban J connectivity index is 2.35. The maximum atomic E-state index is 10.5. The van der Waals surface area contributed by atoms with E-state index in [1.165, 1.54) is 10.9 Å². The Morgan fingerprint density at radius 2 is 2.31 bits per heavy atom. The second kappa shape index (κ2) is 5.86. The Bertz CT molecular complexity index is 354. The third-order valence-corrected chi connectivity index (χ3v) is 3.48. The van der Waals surface area contributed by atoms with E-state index < -0.39 is 5.97 Å². The van der Waals surface area contributed by atoms with E-state index in [-0.39, 0.29) is 17.0 Å². The van der Waals surface area contributed by atoms with Gasteiger partial charge in [-0.2, -0.15) is 11.8 Å². The van der Waals surface area contributed by atoms with Crippen LogP contribution in [-0.2, 0) is 6.54 Å². The maximum Gasteiger partial charge on any atom is 0.358 e. The van der Waals surface area contributed by atoms with E-state index in [0.717, 1.165) is 5.75 Å². The fraction of sp³-hybridized carbons (Fsp3) is 0.667. The highest BCUT2D eigenvalue weighted by Crippen LogP contribution is 2.14. The molecule has 2 unspecified atom stereocenters. The Morgan fingerprint density at radius 1 is 1.62 bits per heavy atom. The number of carbonyl (C=O) groups is 1. The van der Waals surface area contributed by atoms with E-state index in [4.69, 9.17) is 5.11 Å². The minimum absolute atomic E-state index is 0.0476. The topological polar surface area (TPSA) is 88.2 Å². The molecule has 0 aliphatic carbocycles. The summed E-state index contributed by atoms with van der Waals surface area (Å²) >= 11 is 1.61. The van der Waals surface area contributed by atoms with Gasteiger partial charge in [0.2, 0.25) is 0 Å². The molecule has 6 nitrogen and oxygen atoms in total. The van der Waals surface area contributed by atoms with E-state index in [1.54, 1.807) is 18.7 Å². The molecule has 2 atom stereocenters. The lowest BCUT2D eigenvalue weighted by molar-refractivity contribution is 0.0690. The molecule has 0 amide bonds. The van der Waals surface area contributed by atoms with Crippen molar-refractivity contribution in [3.8, 4) is 0 Å². The molecule has 0 aromatic carbocycles. The Hall–Kier alpha value is -1.08. The first kappa shape index (κ1) is 13.0. The van der Waals surface area contributed by atoms with Crippen LogP contribution >= 0.6 is 11.8 Å². The van der Waals surface area contributed by atoms with Gasteiger partial charge in [0, 0.05) is 11.0 Å². The number of aliphatic hydroxyl groups excluding tert-OH is 1. The number of aliphatic hydroxyl groups is 1. The first-order chi connectivity index (χ1) is 7.50. The van der Waals surface area contributed by atoms with Crippen LogP contribution in [0.25, 0.3) is 0 Å². The molecule has 0 saturated carbocycles. The molecule has 2 N–H and O–H groups in total. The number of hydrogen-bond acceptors (Lipinski definition) is 5. The molecular weight excluding hydrogens is 230 g/mol. The van der Waals surface area contributed by atoms with Crippen LogP contribution in [0, 0.1) is 0 Å². The van der Waals surface area contributed by atoms with Gasteiger partial charge in [0.25, 0.3) is 0 Å². The van der Waals surface area contributed by atoms with Gasteiger partial charge in [-0.15, -0.1) is 5.10 Å². The second-order valence-corrected chi connectivity index (χ2v) is 4.97. The summed E-state index contributed by atoms with van der Waals surface area (Å²) in [5.74, 6) is -0.314. The van der Waals surface area contributed by atoms with Crippen molar-refractivity contribution in [2.45, 2.75) is 31.7 Å². The third kappa shape index (κ3) is 3.82. The fourth-order valence-corrected chi connectivity index (χ4v) is 1.92.